The van der Waals surface area contributed by atoms with Gasteiger partial charge in [0.25, 0.3) is 0 Å². The normalized spacial score (nSPS) is 12.3. The van der Waals surface area contributed by atoms with Crippen molar-refractivity contribution in [3.63, 3.8) is 0 Å². The van der Waals surface area contributed by atoms with Crippen molar-refractivity contribution in [2.75, 3.05) is 0 Å². The van der Waals surface area contributed by atoms with Crippen LogP contribution in [0.5, 0.6) is 0 Å². The van der Waals surface area contributed by atoms with Gasteiger partial charge in [-0.1, -0.05) is 122 Å². The highest BCUT2D eigenvalue weighted by Gasteiger charge is 2.14. The van der Waals surface area contributed by atoms with Gasteiger partial charge in [0.1, 0.15) is 6.10 Å². The Bertz CT molecular complexity index is 543. The summed E-state index contributed by atoms with van der Waals surface area (Å²) in [7, 11) is 0. The Morgan fingerprint density at radius 3 is 1.45 bits per heavy atom. The molecule has 0 aliphatic rings. The van der Waals surface area contributed by atoms with E-state index in [1.54, 1.807) is 0 Å². The predicted molar refractivity (Wildman–Crippen MR) is 163 cm³/mol. The lowest BCUT2D eigenvalue weighted by Gasteiger charge is -2.18. The summed E-state index contributed by atoms with van der Waals surface area (Å²) in [5, 5.41) is 8.75. The van der Waals surface area contributed by atoms with Crippen molar-refractivity contribution in [3.8, 4) is 0 Å². The summed E-state index contributed by atoms with van der Waals surface area (Å²) in [5.74, 6) is -0.710. The average molecular weight is 537 g/mol. The highest BCUT2D eigenvalue weighted by molar-refractivity contribution is 5.69. The number of hydrogen-bond donors (Lipinski definition) is 1. The summed E-state index contributed by atoms with van der Waals surface area (Å²) < 4.78 is 5.93. The van der Waals surface area contributed by atoms with Gasteiger partial charge in [0, 0.05) is 12.8 Å². The minimum atomic E-state index is -0.702. The fourth-order valence-electron chi connectivity index (χ4n) is 5.00. The van der Waals surface area contributed by atoms with E-state index in [0.29, 0.717) is 6.42 Å². The molecule has 224 valence electrons. The molecule has 0 aromatic heterocycles. The van der Waals surface area contributed by atoms with Gasteiger partial charge in [-0.2, -0.15) is 0 Å². The fourth-order valence-corrected chi connectivity index (χ4v) is 5.00. The number of carboxylic acid groups (broad SMARTS) is 1. The van der Waals surface area contributed by atoms with Crippen LogP contribution in [0.4, 0.5) is 0 Å². The minimum absolute atomic E-state index is 0.00786. The van der Waals surface area contributed by atoms with Crippen LogP contribution in [0.2, 0.25) is 0 Å². The maximum atomic E-state index is 12.5. The number of esters is 1. The Hall–Kier alpha value is -1.32. The van der Waals surface area contributed by atoms with Crippen molar-refractivity contribution in [1.29, 1.82) is 0 Å². The number of ether oxygens (including phenoxy) is 1. The third-order valence-electron chi connectivity index (χ3n) is 7.49. The molecule has 0 rings (SSSR count). The minimum Gasteiger partial charge on any atom is -0.481 e. The standard InChI is InChI=1S/C34H64O4/c1-3-5-7-9-11-12-13-14-15-16-17-18-23-27-31-34(37)38-32(28-24-20-10-8-6-4-2)29-25-21-19-22-26-30-33(35)36/h12-13,32H,3-11,14-31H2,1-2H3,(H,35,36)/b13-12-. The first-order valence-electron chi connectivity index (χ1n) is 16.7. The topological polar surface area (TPSA) is 63.6 Å². The molecular weight excluding hydrogens is 472 g/mol. The van der Waals surface area contributed by atoms with E-state index in [2.05, 4.69) is 26.0 Å². The Labute approximate surface area is 236 Å². The molecule has 1 N–H and O–H groups in total. The molecule has 1 unspecified atom stereocenters. The zero-order valence-corrected chi connectivity index (χ0v) is 25.5. The van der Waals surface area contributed by atoms with Crippen molar-refractivity contribution in [1.82, 2.24) is 0 Å². The lowest BCUT2D eigenvalue weighted by Crippen LogP contribution is -2.18. The van der Waals surface area contributed by atoms with Gasteiger partial charge in [-0.15, -0.1) is 0 Å². The summed E-state index contributed by atoms with van der Waals surface area (Å²) in [6.45, 7) is 4.50. The predicted octanol–water partition coefficient (Wildman–Crippen LogP) is 11.1. The van der Waals surface area contributed by atoms with Crippen molar-refractivity contribution in [2.24, 2.45) is 0 Å². The van der Waals surface area contributed by atoms with Crippen LogP contribution in [0, 0.1) is 0 Å². The number of carbonyl (C=O) groups excluding carboxylic acids is 1. The van der Waals surface area contributed by atoms with Gasteiger partial charge in [-0.25, -0.2) is 0 Å². The Morgan fingerprint density at radius 1 is 0.553 bits per heavy atom. The molecule has 0 saturated heterocycles. The van der Waals surface area contributed by atoms with E-state index in [-0.39, 0.29) is 18.5 Å². The van der Waals surface area contributed by atoms with Crippen LogP contribution < -0.4 is 0 Å². The van der Waals surface area contributed by atoms with Gasteiger partial charge >= 0.3 is 11.9 Å². The summed E-state index contributed by atoms with van der Waals surface area (Å²) in [5.41, 5.74) is 0. The van der Waals surface area contributed by atoms with Crippen molar-refractivity contribution in [3.05, 3.63) is 12.2 Å². The van der Waals surface area contributed by atoms with Gasteiger partial charge in [0.05, 0.1) is 0 Å². The number of unbranched alkanes of at least 4 members (excludes halogenated alkanes) is 19. The molecule has 0 aliphatic carbocycles. The lowest BCUT2D eigenvalue weighted by molar-refractivity contribution is -0.150. The summed E-state index contributed by atoms with van der Waals surface area (Å²) in [6.07, 6.45) is 35.1. The van der Waals surface area contributed by atoms with Gasteiger partial charge in [0.15, 0.2) is 0 Å². The zero-order chi connectivity index (χ0) is 27.9. The molecule has 0 saturated carbocycles. The summed E-state index contributed by atoms with van der Waals surface area (Å²) >= 11 is 0. The third kappa shape index (κ3) is 29.2. The smallest absolute Gasteiger partial charge is 0.306 e. The van der Waals surface area contributed by atoms with E-state index < -0.39 is 5.97 Å². The molecule has 0 amide bonds. The van der Waals surface area contributed by atoms with Crippen LogP contribution in [-0.4, -0.2) is 23.1 Å². The average Bonchev–Trinajstić information content (AvgIpc) is 2.89. The maximum absolute atomic E-state index is 12.5. The molecule has 0 fully saturated rings. The van der Waals surface area contributed by atoms with E-state index >= 15 is 0 Å². The number of carbonyl (C=O) groups is 2. The fraction of sp³-hybridized carbons (Fsp3) is 0.882. The van der Waals surface area contributed by atoms with Crippen LogP contribution in [0.25, 0.3) is 0 Å². The molecule has 0 heterocycles. The molecule has 4 heteroatoms. The first-order valence-corrected chi connectivity index (χ1v) is 16.7. The van der Waals surface area contributed by atoms with Crippen LogP contribution in [0.1, 0.15) is 187 Å². The molecule has 0 aliphatic heterocycles. The second-order valence-electron chi connectivity index (χ2n) is 11.3. The molecule has 4 nitrogen and oxygen atoms in total. The van der Waals surface area contributed by atoms with Crippen LogP contribution in [0.15, 0.2) is 12.2 Å². The molecule has 38 heavy (non-hydrogen) atoms. The SMILES string of the molecule is CCCCCC/C=C\CCCCCCCCC(=O)OC(CCCCCCCC)CCCCCCCC(=O)O. The Morgan fingerprint density at radius 2 is 0.947 bits per heavy atom. The van der Waals surface area contributed by atoms with Crippen LogP contribution >= 0.6 is 0 Å². The van der Waals surface area contributed by atoms with Crippen LogP contribution in [-0.2, 0) is 14.3 Å². The number of allylic oxidation sites excluding steroid dienone is 2. The maximum Gasteiger partial charge on any atom is 0.306 e. The Kier molecular flexibility index (Phi) is 29.2. The van der Waals surface area contributed by atoms with Crippen molar-refractivity contribution < 1.29 is 19.4 Å². The van der Waals surface area contributed by atoms with E-state index in [1.165, 1.54) is 96.3 Å². The first-order chi connectivity index (χ1) is 18.6. The van der Waals surface area contributed by atoms with Gasteiger partial charge in [0.2, 0.25) is 0 Å². The first kappa shape index (κ1) is 36.7. The highest BCUT2D eigenvalue weighted by atomic mass is 16.5. The largest absolute Gasteiger partial charge is 0.481 e. The van der Waals surface area contributed by atoms with Crippen LogP contribution in [0.3, 0.4) is 0 Å². The molecule has 0 bridgehead atoms. The number of aliphatic carboxylic acids is 1. The second-order valence-corrected chi connectivity index (χ2v) is 11.3. The summed E-state index contributed by atoms with van der Waals surface area (Å²) in [4.78, 5) is 23.1. The lowest BCUT2D eigenvalue weighted by atomic mass is 10.0. The number of carboxylic acids is 1. The molecule has 0 spiro atoms. The van der Waals surface area contributed by atoms with Gasteiger partial charge in [-0.3, -0.25) is 9.59 Å². The molecule has 0 aromatic carbocycles. The van der Waals surface area contributed by atoms with Crippen molar-refractivity contribution in [2.45, 2.75) is 193 Å². The molecule has 1 atom stereocenters. The van der Waals surface area contributed by atoms with E-state index in [1.807, 2.05) is 0 Å². The van der Waals surface area contributed by atoms with E-state index in [4.69, 9.17) is 9.84 Å². The molecule has 0 aromatic rings. The Balaban J connectivity index is 3.93. The third-order valence-corrected chi connectivity index (χ3v) is 7.49. The van der Waals surface area contributed by atoms with E-state index in [9.17, 15) is 9.59 Å². The van der Waals surface area contributed by atoms with Gasteiger partial charge < -0.3 is 9.84 Å². The monoisotopic (exact) mass is 536 g/mol. The quantitative estimate of drug-likeness (QED) is 0.0563. The zero-order valence-electron chi connectivity index (χ0n) is 25.5. The highest BCUT2D eigenvalue weighted by Crippen LogP contribution is 2.18. The summed E-state index contributed by atoms with van der Waals surface area (Å²) in [6, 6.07) is 0. The number of rotatable bonds is 30. The van der Waals surface area contributed by atoms with E-state index in [0.717, 1.165) is 64.2 Å². The number of hydrogen-bond acceptors (Lipinski definition) is 3. The second kappa shape index (κ2) is 30.2. The van der Waals surface area contributed by atoms with Crippen molar-refractivity contribution >= 4 is 11.9 Å². The van der Waals surface area contributed by atoms with Gasteiger partial charge in [-0.05, 0) is 64.2 Å². The molecular formula is C34H64O4. The molecule has 0 radical (unpaired) electrons.